The van der Waals surface area contributed by atoms with Crippen LogP contribution in [0, 0.1) is 0 Å². The van der Waals surface area contributed by atoms with Crippen molar-refractivity contribution in [2.24, 2.45) is 11.5 Å². The summed E-state index contributed by atoms with van der Waals surface area (Å²) in [5.41, 5.74) is 12.9. The summed E-state index contributed by atoms with van der Waals surface area (Å²) in [6.07, 6.45) is 4.64. The molecule has 0 aliphatic rings. The number of carboxylic acid groups (broad SMARTS) is 1. The number of benzene rings is 1. The lowest BCUT2D eigenvalue weighted by atomic mass is 10.0. The second-order valence-corrected chi connectivity index (χ2v) is 8.57. The Bertz CT molecular complexity index is 1000. The number of aliphatic carboxylic acids is 1. The second-order valence-electron chi connectivity index (χ2n) is 8.57. The number of hydrogen-bond acceptors (Lipinski definition) is 8. The van der Waals surface area contributed by atoms with Crippen LogP contribution < -0.4 is 27.4 Å². The highest BCUT2D eigenvalue weighted by molar-refractivity contribution is 5.94. The molecule has 13 heteroatoms. The van der Waals surface area contributed by atoms with Gasteiger partial charge < -0.3 is 42.6 Å². The molecule has 0 aliphatic carbocycles. The van der Waals surface area contributed by atoms with Crippen molar-refractivity contribution in [2.75, 3.05) is 13.2 Å². The number of hydrogen-bond donors (Lipinski definition) is 8. The quantitative estimate of drug-likeness (QED) is 0.117. The molecule has 0 bridgehead atoms. The van der Waals surface area contributed by atoms with Crippen molar-refractivity contribution in [2.45, 2.75) is 56.3 Å². The number of carboxylic acids is 1. The molecule has 10 N–H and O–H groups in total. The number of unbranched alkanes of at least 4 members (excludes halogenated alkanes) is 1. The number of carbonyl (C=O) groups excluding carboxylic acids is 3. The molecule has 2 aromatic rings. The molecule has 37 heavy (non-hydrogen) atoms. The van der Waals surface area contributed by atoms with Crippen LogP contribution in [0.2, 0.25) is 0 Å². The topological polar surface area (TPSA) is 226 Å². The number of aromatic amines is 1. The first kappa shape index (κ1) is 29.4. The number of imidazole rings is 1. The second kappa shape index (κ2) is 15.3. The van der Waals surface area contributed by atoms with Crippen molar-refractivity contribution >= 4 is 23.7 Å². The first-order chi connectivity index (χ1) is 17.7. The van der Waals surface area contributed by atoms with Crippen LogP contribution in [-0.2, 0) is 32.0 Å². The van der Waals surface area contributed by atoms with Crippen LogP contribution >= 0.6 is 0 Å². The zero-order valence-corrected chi connectivity index (χ0v) is 20.4. The van der Waals surface area contributed by atoms with Gasteiger partial charge in [0.25, 0.3) is 0 Å². The number of nitrogens with zero attached hydrogens (tertiary/aromatic N) is 1. The molecule has 0 saturated carbocycles. The van der Waals surface area contributed by atoms with Crippen LogP contribution in [0.25, 0.3) is 0 Å². The predicted octanol–water partition coefficient (Wildman–Crippen LogP) is -1.82. The lowest BCUT2D eigenvalue weighted by Crippen LogP contribution is -2.58. The first-order valence-electron chi connectivity index (χ1n) is 12.0. The summed E-state index contributed by atoms with van der Waals surface area (Å²) in [5.74, 6) is -3.40. The Morgan fingerprint density at radius 3 is 2.16 bits per heavy atom. The standard InChI is InChI=1S/C24H35N7O6/c25-9-5-4-8-18(29-21(33)17(26)11-16-12-27-14-28-16)22(34)30-19(10-15-6-2-1-3-7-15)23(35)31-20(13-32)24(36)37/h1-3,6-7,12,14,17-20,32H,4-5,8-11,13,25-26H2,(H,27,28)(H,29,33)(H,30,34)(H,31,35)(H,36,37). The van der Waals surface area contributed by atoms with Gasteiger partial charge in [0.2, 0.25) is 17.7 Å². The van der Waals surface area contributed by atoms with Gasteiger partial charge >= 0.3 is 5.97 Å². The minimum Gasteiger partial charge on any atom is -0.480 e. The lowest BCUT2D eigenvalue weighted by molar-refractivity contribution is -0.143. The average molecular weight is 518 g/mol. The Morgan fingerprint density at radius 1 is 0.919 bits per heavy atom. The number of aromatic nitrogens is 2. The van der Waals surface area contributed by atoms with Gasteiger partial charge in [-0.05, 0) is 31.4 Å². The van der Waals surface area contributed by atoms with E-state index in [1.807, 2.05) is 0 Å². The molecule has 0 radical (unpaired) electrons. The van der Waals surface area contributed by atoms with Crippen LogP contribution in [0.15, 0.2) is 42.9 Å². The van der Waals surface area contributed by atoms with Gasteiger partial charge in [0.1, 0.15) is 18.1 Å². The third kappa shape index (κ3) is 9.99. The molecular weight excluding hydrogens is 482 g/mol. The molecule has 4 unspecified atom stereocenters. The highest BCUT2D eigenvalue weighted by atomic mass is 16.4. The van der Waals surface area contributed by atoms with Gasteiger partial charge in [0, 0.05) is 24.7 Å². The minimum absolute atomic E-state index is 0.0545. The Kier molecular flexibility index (Phi) is 12.2. The van der Waals surface area contributed by atoms with Gasteiger partial charge in [-0.15, -0.1) is 0 Å². The van der Waals surface area contributed by atoms with Gasteiger partial charge in [-0.25, -0.2) is 9.78 Å². The summed E-state index contributed by atoms with van der Waals surface area (Å²) in [4.78, 5) is 56.9. The van der Waals surface area contributed by atoms with E-state index in [9.17, 15) is 29.4 Å². The van der Waals surface area contributed by atoms with Crippen molar-refractivity contribution < 1.29 is 29.4 Å². The normalized spacial score (nSPS) is 14.1. The van der Waals surface area contributed by atoms with Crippen LogP contribution in [0.5, 0.6) is 0 Å². The molecule has 4 atom stereocenters. The number of H-pyrrole nitrogens is 1. The molecular formula is C24H35N7O6. The van der Waals surface area contributed by atoms with E-state index in [0.29, 0.717) is 30.6 Å². The van der Waals surface area contributed by atoms with E-state index in [0.717, 1.165) is 0 Å². The summed E-state index contributed by atoms with van der Waals surface area (Å²) in [6.45, 7) is -0.419. The molecule has 0 aliphatic heterocycles. The molecule has 2 rings (SSSR count). The Hall–Kier alpha value is -3.81. The fraction of sp³-hybridized carbons (Fsp3) is 0.458. The number of nitrogens with one attached hydrogen (secondary N) is 4. The summed E-state index contributed by atoms with van der Waals surface area (Å²) >= 11 is 0. The van der Waals surface area contributed by atoms with E-state index in [4.69, 9.17) is 11.5 Å². The number of amides is 3. The summed E-state index contributed by atoms with van der Waals surface area (Å²) < 4.78 is 0. The summed E-state index contributed by atoms with van der Waals surface area (Å²) in [5, 5.41) is 26.0. The van der Waals surface area contributed by atoms with Crippen molar-refractivity contribution in [1.82, 2.24) is 25.9 Å². The zero-order valence-electron chi connectivity index (χ0n) is 20.4. The third-order valence-corrected chi connectivity index (χ3v) is 5.62. The highest BCUT2D eigenvalue weighted by Crippen LogP contribution is 2.07. The predicted molar refractivity (Wildman–Crippen MR) is 134 cm³/mol. The van der Waals surface area contributed by atoms with E-state index in [1.54, 1.807) is 36.5 Å². The Morgan fingerprint density at radius 2 is 1.57 bits per heavy atom. The maximum atomic E-state index is 13.2. The van der Waals surface area contributed by atoms with Gasteiger partial charge in [0.05, 0.1) is 19.0 Å². The molecule has 1 aromatic heterocycles. The SMILES string of the molecule is NCCCCC(NC(=O)C(N)Cc1cnc[nH]1)C(=O)NC(Cc1ccccc1)C(=O)NC(CO)C(=O)O. The fourth-order valence-electron chi connectivity index (χ4n) is 3.56. The molecule has 1 aromatic carbocycles. The fourth-order valence-corrected chi connectivity index (χ4v) is 3.56. The van der Waals surface area contributed by atoms with E-state index in [-0.39, 0.29) is 19.3 Å². The highest BCUT2D eigenvalue weighted by Gasteiger charge is 2.30. The largest absolute Gasteiger partial charge is 0.480 e. The van der Waals surface area contributed by atoms with Crippen molar-refractivity contribution in [1.29, 1.82) is 0 Å². The number of aliphatic hydroxyl groups is 1. The third-order valence-electron chi connectivity index (χ3n) is 5.62. The van der Waals surface area contributed by atoms with Crippen molar-refractivity contribution in [3.05, 3.63) is 54.1 Å². The van der Waals surface area contributed by atoms with E-state index < -0.39 is 54.5 Å². The smallest absolute Gasteiger partial charge is 0.328 e. The van der Waals surface area contributed by atoms with Gasteiger partial charge in [-0.2, -0.15) is 0 Å². The maximum Gasteiger partial charge on any atom is 0.328 e. The van der Waals surface area contributed by atoms with Crippen LogP contribution in [0.4, 0.5) is 0 Å². The summed E-state index contributed by atoms with van der Waals surface area (Å²) in [7, 11) is 0. The molecule has 13 nitrogen and oxygen atoms in total. The van der Waals surface area contributed by atoms with Crippen LogP contribution in [0.3, 0.4) is 0 Å². The monoisotopic (exact) mass is 517 g/mol. The van der Waals surface area contributed by atoms with Crippen LogP contribution in [-0.4, -0.2) is 81.2 Å². The zero-order chi connectivity index (χ0) is 27.2. The number of nitrogens with two attached hydrogens (primary N) is 2. The van der Waals surface area contributed by atoms with E-state index in [1.165, 1.54) is 6.33 Å². The molecule has 1 heterocycles. The van der Waals surface area contributed by atoms with Gasteiger partial charge in [-0.3, -0.25) is 14.4 Å². The average Bonchev–Trinajstić information content (AvgIpc) is 3.39. The van der Waals surface area contributed by atoms with E-state index >= 15 is 0 Å². The van der Waals surface area contributed by atoms with Gasteiger partial charge in [0.15, 0.2) is 0 Å². The van der Waals surface area contributed by atoms with Crippen LogP contribution in [0.1, 0.15) is 30.5 Å². The molecule has 0 fully saturated rings. The molecule has 0 saturated heterocycles. The van der Waals surface area contributed by atoms with Crippen molar-refractivity contribution in [3.8, 4) is 0 Å². The number of carbonyl (C=O) groups is 4. The minimum atomic E-state index is -1.54. The number of aliphatic hydroxyl groups excluding tert-OH is 1. The lowest BCUT2D eigenvalue weighted by Gasteiger charge is -2.25. The molecule has 202 valence electrons. The van der Waals surface area contributed by atoms with E-state index in [2.05, 4.69) is 25.9 Å². The Balaban J connectivity index is 2.16. The van der Waals surface area contributed by atoms with Crippen molar-refractivity contribution in [3.63, 3.8) is 0 Å². The van der Waals surface area contributed by atoms with Gasteiger partial charge in [-0.1, -0.05) is 30.3 Å². The summed E-state index contributed by atoms with van der Waals surface area (Å²) in [6, 6.07) is 4.15. The maximum absolute atomic E-state index is 13.2. The first-order valence-corrected chi connectivity index (χ1v) is 12.0. The molecule has 3 amide bonds. The molecule has 0 spiro atoms. The Labute approximate surface area is 214 Å². The number of rotatable bonds is 16.